The van der Waals surface area contributed by atoms with E-state index in [9.17, 15) is 5.11 Å². The highest BCUT2D eigenvalue weighted by molar-refractivity contribution is 5.49. The lowest BCUT2D eigenvalue weighted by Gasteiger charge is -2.29. The summed E-state index contributed by atoms with van der Waals surface area (Å²) in [5.41, 5.74) is 1.07. The Morgan fingerprint density at radius 3 is 2.55 bits per heavy atom. The zero-order valence-corrected chi connectivity index (χ0v) is 11.8. The molecule has 0 unspecified atom stereocenters. The second-order valence-corrected chi connectivity index (χ2v) is 5.65. The fourth-order valence-electron chi connectivity index (χ4n) is 2.91. The second kappa shape index (κ2) is 6.41. The molecule has 2 N–H and O–H groups in total. The van der Waals surface area contributed by atoms with Gasteiger partial charge in [0.1, 0.15) is 5.82 Å². The van der Waals surface area contributed by atoms with E-state index in [4.69, 9.17) is 4.74 Å². The smallest absolute Gasteiger partial charge is 0.128 e. The molecule has 1 aliphatic carbocycles. The number of hydrogen-bond donors (Lipinski definition) is 2. The molecule has 2 fully saturated rings. The van der Waals surface area contributed by atoms with E-state index in [2.05, 4.69) is 27.3 Å². The SMILES string of the molecule is OC1CCC(Nc2ccc(N3CCOCC3)nc2)CC1. The van der Waals surface area contributed by atoms with Gasteiger partial charge in [0.05, 0.1) is 31.2 Å². The third kappa shape index (κ3) is 3.41. The maximum Gasteiger partial charge on any atom is 0.128 e. The lowest BCUT2D eigenvalue weighted by molar-refractivity contribution is 0.122. The van der Waals surface area contributed by atoms with Crippen LogP contribution in [0.5, 0.6) is 0 Å². The number of morpholine rings is 1. The summed E-state index contributed by atoms with van der Waals surface area (Å²) in [6.45, 7) is 3.40. The summed E-state index contributed by atoms with van der Waals surface area (Å²) in [5.74, 6) is 1.03. The van der Waals surface area contributed by atoms with Gasteiger partial charge in [-0.1, -0.05) is 0 Å². The van der Waals surface area contributed by atoms with Crippen molar-refractivity contribution in [2.45, 2.75) is 37.8 Å². The maximum absolute atomic E-state index is 9.52. The van der Waals surface area contributed by atoms with Crippen LogP contribution in [0.3, 0.4) is 0 Å². The highest BCUT2D eigenvalue weighted by Gasteiger charge is 2.19. The molecule has 2 heterocycles. The minimum absolute atomic E-state index is 0.102. The van der Waals surface area contributed by atoms with Crippen LogP contribution in [0.4, 0.5) is 11.5 Å². The van der Waals surface area contributed by atoms with Crippen molar-refractivity contribution in [1.82, 2.24) is 4.98 Å². The molecular weight excluding hydrogens is 254 g/mol. The molecule has 0 radical (unpaired) electrons. The third-order valence-electron chi connectivity index (χ3n) is 4.15. The topological polar surface area (TPSA) is 57.6 Å². The van der Waals surface area contributed by atoms with Gasteiger partial charge in [0.25, 0.3) is 0 Å². The molecule has 1 saturated heterocycles. The van der Waals surface area contributed by atoms with E-state index in [1.165, 1.54) is 0 Å². The van der Waals surface area contributed by atoms with Crippen molar-refractivity contribution >= 4 is 11.5 Å². The van der Waals surface area contributed by atoms with Crippen LogP contribution in [0, 0.1) is 0 Å². The number of rotatable bonds is 3. The van der Waals surface area contributed by atoms with Gasteiger partial charge in [-0.05, 0) is 37.8 Å². The fraction of sp³-hybridized carbons (Fsp3) is 0.667. The largest absolute Gasteiger partial charge is 0.393 e. The van der Waals surface area contributed by atoms with E-state index in [1.807, 2.05) is 6.20 Å². The van der Waals surface area contributed by atoms with Gasteiger partial charge < -0.3 is 20.1 Å². The van der Waals surface area contributed by atoms with Gasteiger partial charge >= 0.3 is 0 Å². The normalized spacial score (nSPS) is 27.4. The molecule has 1 aliphatic heterocycles. The van der Waals surface area contributed by atoms with E-state index in [1.54, 1.807) is 0 Å². The number of nitrogens with zero attached hydrogens (tertiary/aromatic N) is 2. The Hall–Kier alpha value is -1.33. The molecular formula is C15H23N3O2. The number of anilines is 2. The first-order chi connectivity index (χ1) is 9.81. The first-order valence-corrected chi connectivity index (χ1v) is 7.54. The molecule has 0 aromatic carbocycles. The quantitative estimate of drug-likeness (QED) is 0.879. The Morgan fingerprint density at radius 2 is 1.90 bits per heavy atom. The van der Waals surface area contributed by atoms with Crippen LogP contribution in [0.1, 0.15) is 25.7 Å². The predicted molar refractivity (Wildman–Crippen MR) is 79.2 cm³/mol. The number of aliphatic hydroxyl groups is 1. The number of hydrogen-bond acceptors (Lipinski definition) is 5. The van der Waals surface area contributed by atoms with Gasteiger partial charge in [-0.2, -0.15) is 0 Å². The monoisotopic (exact) mass is 277 g/mol. The Morgan fingerprint density at radius 1 is 1.15 bits per heavy atom. The summed E-state index contributed by atoms with van der Waals surface area (Å²) in [4.78, 5) is 6.80. The Bertz CT molecular complexity index is 410. The van der Waals surface area contributed by atoms with Crippen LogP contribution in [-0.2, 0) is 4.74 Å². The summed E-state index contributed by atoms with van der Waals surface area (Å²) in [6.07, 6.45) is 5.68. The van der Waals surface area contributed by atoms with Gasteiger partial charge in [-0.25, -0.2) is 4.98 Å². The van der Waals surface area contributed by atoms with Crippen LogP contribution < -0.4 is 10.2 Å². The number of pyridine rings is 1. The van der Waals surface area contributed by atoms with Crippen molar-refractivity contribution in [3.8, 4) is 0 Å². The molecule has 2 aliphatic rings. The zero-order valence-electron chi connectivity index (χ0n) is 11.8. The first-order valence-electron chi connectivity index (χ1n) is 7.54. The molecule has 1 saturated carbocycles. The van der Waals surface area contributed by atoms with Crippen molar-refractivity contribution in [1.29, 1.82) is 0 Å². The molecule has 0 atom stereocenters. The molecule has 0 spiro atoms. The van der Waals surface area contributed by atoms with Gasteiger partial charge in [-0.15, -0.1) is 0 Å². The molecule has 0 bridgehead atoms. The maximum atomic E-state index is 9.52. The van der Waals surface area contributed by atoms with Gasteiger partial charge in [0.15, 0.2) is 0 Å². The molecule has 3 rings (SSSR count). The van der Waals surface area contributed by atoms with Crippen molar-refractivity contribution < 1.29 is 9.84 Å². The standard InChI is InChI=1S/C15H23N3O2/c19-14-4-1-12(2-5-14)17-13-3-6-15(16-11-13)18-7-9-20-10-8-18/h3,6,11-12,14,17,19H,1-2,4-5,7-10H2. The number of aromatic nitrogens is 1. The third-order valence-corrected chi connectivity index (χ3v) is 4.15. The van der Waals surface area contributed by atoms with Crippen molar-refractivity contribution in [3.63, 3.8) is 0 Å². The van der Waals surface area contributed by atoms with Crippen LogP contribution in [0.25, 0.3) is 0 Å². The van der Waals surface area contributed by atoms with E-state index in [0.29, 0.717) is 6.04 Å². The highest BCUT2D eigenvalue weighted by atomic mass is 16.5. The summed E-state index contributed by atoms with van der Waals surface area (Å²) in [7, 11) is 0. The van der Waals surface area contributed by atoms with Crippen LogP contribution in [0.15, 0.2) is 18.3 Å². The zero-order chi connectivity index (χ0) is 13.8. The lowest BCUT2D eigenvalue weighted by Crippen LogP contribution is -2.36. The van der Waals surface area contributed by atoms with Crippen molar-refractivity contribution in [3.05, 3.63) is 18.3 Å². The van der Waals surface area contributed by atoms with Crippen LogP contribution in [-0.4, -0.2) is 48.5 Å². The van der Waals surface area contributed by atoms with Gasteiger partial charge in [0.2, 0.25) is 0 Å². The first kappa shape index (κ1) is 13.6. The summed E-state index contributed by atoms with van der Waals surface area (Å²) < 4.78 is 5.35. The van der Waals surface area contributed by atoms with E-state index in [0.717, 1.165) is 63.5 Å². The lowest BCUT2D eigenvalue weighted by atomic mass is 9.93. The van der Waals surface area contributed by atoms with E-state index < -0.39 is 0 Å². The molecule has 0 amide bonds. The number of ether oxygens (including phenoxy) is 1. The van der Waals surface area contributed by atoms with E-state index in [-0.39, 0.29) is 6.10 Å². The minimum atomic E-state index is -0.102. The van der Waals surface area contributed by atoms with E-state index >= 15 is 0 Å². The molecule has 20 heavy (non-hydrogen) atoms. The summed E-state index contributed by atoms with van der Waals surface area (Å²) in [6, 6.07) is 4.64. The number of nitrogens with one attached hydrogen (secondary N) is 1. The Balaban J connectivity index is 1.55. The molecule has 110 valence electrons. The molecule has 1 aromatic rings. The minimum Gasteiger partial charge on any atom is -0.393 e. The average Bonchev–Trinajstić information content (AvgIpc) is 2.51. The van der Waals surface area contributed by atoms with Crippen molar-refractivity contribution in [2.75, 3.05) is 36.5 Å². The van der Waals surface area contributed by atoms with Gasteiger partial charge in [0, 0.05) is 19.1 Å². The van der Waals surface area contributed by atoms with Crippen LogP contribution >= 0.6 is 0 Å². The Kier molecular flexibility index (Phi) is 4.38. The molecule has 5 heteroatoms. The fourth-order valence-corrected chi connectivity index (χ4v) is 2.91. The average molecular weight is 277 g/mol. The number of aliphatic hydroxyl groups excluding tert-OH is 1. The van der Waals surface area contributed by atoms with Crippen LogP contribution in [0.2, 0.25) is 0 Å². The summed E-state index contributed by atoms with van der Waals surface area (Å²) in [5, 5.41) is 13.0. The summed E-state index contributed by atoms with van der Waals surface area (Å²) >= 11 is 0. The highest BCUT2D eigenvalue weighted by Crippen LogP contribution is 2.23. The Labute approximate surface area is 120 Å². The molecule has 1 aromatic heterocycles. The molecule has 5 nitrogen and oxygen atoms in total. The second-order valence-electron chi connectivity index (χ2n) is 5.65. The van der Waals surface area contributed by atoms with Crippen molar-refractivity contribution in [2.24, 2.45) is 0 Å². The van der Waals surface area contributed by atoms with Gasteiger partial charge in [-0.3, -0.25) is 0 Å². The predicted octanol–water partition coefficient (Wildman–Crippen LogP) is 1.63.